The molecule has 0 saturated heterocycles. The lowest BCUT2D eigenvalue weighted by atomic mass is 10.1. The molecule has 5 N–H and O–H groups in total. The summed E-state index contributed by atoms with van der Waals surface area (Å²) in [7, 11) is 0. The molecule has 1 amide bonds. The molecule has 1 rings (SSSR count). The highest BCUT2D eigenvalue weighted by Gasteiger charge is 2.22. The van der Waals surface area contributed by atoms with Crippen molar-refractivity contribution in [2.75, 3.05) is 6.54 Å². The molecule has 0 aliphatic carbocycles. The van der Waals surface area contributed by atoms with Crippen LogP contribution >= 0.6 is 12.6 Å². The highest BCUT2D eigenvalue weighted by atomic mass is 32.1. The van der Waals surface area contributed by atoms with Crippen LogP contribution in [-0.2, 0) is 4.79 Å². The Morgan fingerprint density at radius 2 is 2.20 bits per heavy atom. The van der Waals surface area contributed by atoms with E-state index in [4.69, 9.17) is 11.5 Å². The predicted molar refractivity (Wildman–Crippen MR) is 79.7 cm³/mol. The second-order valence-corrected chi connectivity index (χ2v) is 4.93. The van der Waals surface area contributed by atoms with Gasteiger partial charge in [0.15, 0.2) is 5.78 Å². The molecule has 20 heavy (non-hydrogen) atoms. The largest absolute Gasteiger partial charge is 0.345 e. The molecule has 1 aromatic rings. The Balaban J connectivity index is 2.62. The number of thiol groups is 1. The van der Waals surface area contributed by atoms with Crippen LogP contribution in [0.1, 0.15) is 30.1 Å². The van der Waals surface area contributed by atoms with Crippen LogP contribution in [0.4, 0.5) is 0 Å². The zero-order chi connectivity index (χ0) is 15.1. The first-order valence-corrected chi connectivity index (χ1v) is 6.86. The fourth-order valence-electron chi connectivity index (χ4n) is 1.68. The summed E-state index contributed by atoms with van der Waals surface area (Å²) in [5.41, 5.74) is 11.5. The number of hydrogen-bond acceptors (Lipinski definition) is 6. The summed E-state index contributed by atoms with van der Waals surface area (Å²) in [6, 6.07) is 1.93. The minimum Gasteiger partial charge on any atom is -0.345 e. The Bertz CT molecular complexity index is 481. The van der Waals surface area contributed by atoms with Crippen molar-refractivity contribution in [3.63, 3.8) is 0 Å². The highest BCUT2D eigenvalue weighted by Crippen LogP contribution is 2.12. The van der Waals surface area contributed by atoms with Gasteiger partial charge in [-0.1, -0.05) is 0 Å². The normalized spacial score (nSPS) is 13.6. The molecule has 0 aliphatic rings. The smallest absolute Gasteiger partial charge is 0.237 e. The lowest BCUT2D eigenvalue weighted by Crippen LogP contribution is -2.47. The van der Waals surface area contributed by atoms with Crippen molar-refractivity contribution >= 4 is 24.3 Å². The van der Waals surface area contributed by atoms with Gasteiger partial charge in [-0.05, 0) is 38.4 Å². The molecule has 0 aliphatic heterocycles. The van der Waals surface area contributed by atoms with Crippen molar-refractivity contribution in [1.29, 1.82) is 0 Å². The number of pyridine rings is 1. The molecule has 0 spiro atoms. The molecule has 1 aromatic heterocycles. The first kappa shape index (κ1) is 16.6. The van der Waals surface area contributed by atoms with Gasteiger partial charge in [-0.25, -0.2) is 4.98 Å². The van der Waals surface area contributed by atoms with Gasteiger partial charge >= 0.3 is 0 Å². The van der Waals surface area contributed by atoms with Crippen molar-refractivity contribution in [2.45, 2.75) is 36.9 Å². The van der Waals surface area contributed by atoms with Crippen LogP contribution in [-0.4, -0.2) is 35.3 Å². The Morgan fingerprint density at radius 1 is 1.50 bits per heavy atom. The molecule has 0 radical (unpaired) electrons. The number of nitrogens with two attached hydrogens (primary N) is 2. The van der Waals surface area contributed by atoms with E-state index in [0.717, 1.165) is 0 Å². The molecular weight excluding hydrogens is 276 g/mol. The van der Waals surface area contributed by atoms with Gasteiger partial charge in [0.25, 0.3) is 0 Å². The van der Waals surface area contributed by atoms with Gasteiger partial charge in [0.05, 0.1) is 17.6 Å². The van der Waals surface area contributed by atoms with E-state index in [1.165, 1.54) is 0 Å². The molecule has 0 unspecified atom stereocenters. The van der Waals surface area contributed by atoms with E-state index in [1.54, 1.807) is 25.3 Å². The number of carbonyl (C=O) groups excluding carboxylic acids is 2. The molecule has 110 valence electrons. The first-order chi connectivity index (χ1) is 9.47. The van der Waals surface area contributed by atoms with E-state index in [9.17, 15) is 9.59 Å². The van der Waals surface area contributed by atoms with Gasteiger partial charge < -0.3 is 16.8 Å². The van der Waals surface area contributed by atoms with E-state index in [0.29, 0.717) is 30.0 Å². The molecular formula is C13H20N4O2S. The summed E-state index contributed by atoms with van der Waals surface area (Å²) in [6.45, 7) is 2.09. The fourth-order valence-corrected chi connectivity index (χ4v) is 1.93. The third-order valence-electron chi connectivity index (χ3n) is 2.86. The Labute approximate surface area is 123 Å². The van der Waals surface area contributed by atoms with Crippen molar-refractivity contribution in [2.24, 2.45) is 11.5 Å². The summed E-state index contributed by atoms with van der Waals surface area (Å²) in [5.74, 6) is -0.605. The number of nitrogens with one attached hydrogen (secondary N) is 1. The Morgan fingerprint density at radius 3 is 2.80 bits per heavy atom. The van der Waals surface area contributed by atoms with Crippen LogP contribution in [0.5, 0.6) is 0 Å². The lowest BCUT2D eigenvalue weighted by Gasteiger charge is -2.17. The molecule has 2 atom stereocenters. The van der Waals surface area contributed by atoms with Crippen molar-refractivity contribution in [3.05, 3.63) is 23.9 Å². The summed E-state index contributed by atoms with van der Waals surface area (Å²) in [5, 5.41) is 2.94. The summed E-state index contributed by atoms with van der Waals surface area (Å²) in [4.78, 5) is 27.9. The first-order valence-electron chi connectivity index (χ1n) is 6.41. The number of nitrogens with zero attached hydrogens (tertiary/aromatic N) is 1. The topological polar surface area (TPSA) is 111 Å². The highest BCUT2D eigenvalue weighted by molar-refractivity contribution is 7.80. The number of carbonyl (C=O) groups is 2. The number of rotatable bonds is 7. The SMILES string of the molecule is C[C@H](NC(=O)[C@@H](N)CCCN)C(=O)c1cccnc1S. The fraction of sp³-hybridized carbons (Fsp3) is 0.462. The van der Waals surface area contributed by atoms with Crippen LogP contribution in [0.25, 0.3) is 0 Å². The van der Waals surface area contributed by atoms with E-state index in [-0.39, 0.29) is 11.7 Å². The maximum atomic E-state index is 12.2. The monoisotopic (exact) mass is 296 g/mol. The number of ketones is 1. The van der Waals surface area contributed by atoms with Gasteiger partial charge in [-0.15, -0.1) is 12.6 Å². The third-order valence-corrected chi connectivity index (χ3v) is 3.22. The predicted octanol–water partition coefficient (Wildman–Crippen LogP) is 0.124. The Hall–Kier alpha value is -1.44. The van der Waals surface area contributed by atoms with Gasteiger partial charge in [0.1, 0.15) is 5.03 Å². The van der Waals surface area contributed by atoms with E-state index >= 15 is 0 Å². The average Bonchev–Trinajstić information content (AvgIpc) is 2.44. The minimum atomic E-state index is -0.679. The van der Waals surface area contributed by atoms with Crippen molar-refractivity contribution in [3.8, 4) is 0 Å². The molecule has 0 saturated carbocycles. The van der Waals surface area contributed by atoms with Crippen molar-refractivity contribution in [1.82, 2.24) is 10.3 Å². The standard InChI is InChI=1S/C13H20N4O2S/c1-8(17-12(19)10(15)5-2-6-14)11(18)9-4-3-7-16-13(9)20/h3-4,7-8,10H,2,5-6,14-15H2,1H3,(H,16,20)(H,17,19)/t8-,10-/m0/s1. The molecule has 6 nitrogen and oxygen atoms in total. The third kappa shape index (κ3) is 4.59. The second-order valence-electron chi connectivity index (χ2n) is 4.51. The molecule has 0 fully saturated rings. The van der Waals surface area contributed by atoms with Crippen LogP contribution in [0.3, 0.4) is 0 Å². The lowest BCUT2D eigenvalue weighted by molar-refractivity contribution is -0.122. The summed E-state index contributed by atoms with van der Waals surface area (Å²) in [6.07, 6.45) is 2.71. The number of Topliss-reactive ketones (excluding diaryl/α,β-unsaturated/α-hetero) is 1. The van der Waals surface area contributed by atoms with Crippen LogP contribution in [0.15, 0.2) is 23.4 Å². The van der Waals surface area contributed by atoms with E-state index < -0.39 is 12.1 Å². The second kappa shape index (κ2) is 7.98. The molecule has 0 aromatic carbocycles. The van der Waals surface area contributed by atoms with Gasteiger partial charge in [0.2, 0.25) is 5.91 Å². The number of hydrogen-bond donors (Lipinski definition) is 4. The average molecular weight is 296 g/mol. The number of aromatic nitrogens is 1. The Kier molecular flexibility index (Phi) is 6.63. The maximum Gasteiger partial charge on any atom is 0.237 e. The summed E-state index contributed by atoms with van der Waals surface area (Å²) >= 11 is 4.13. The van der Waals surface area contributed by atoms with Crippen LogP contribution in [0, 0.1) is 0 Å². The van der Waals surface area contributed by atoms with E-state index in [2.05, 4.69) is 22.9 Å². The number of amides is 1. The van der Waals surface area contributed by atoms with E-state index in [1.807, 2.05) is 0 Å². The molecule has 7 heteroatoms. The zero-order valence-corrected chi connectivity index (χ0v) is 12.3. The van der Waals surface area contributed by atoms with Gasteiger partial charge in [-0.2, -0.15) is 0 Å². The van der Waals surface area contributed by atoms with Gasteiger partial charge in [0, 0.05) is 6.20 Å². The molecule has 0 bridgehead atoms. The minimum absolute atomic E-state index is 0.248. The van der Waals surface area contributed by atoms with Crippen LogP contribution in [0.2, 0.25) is 0 Å². The molecule has 1 heterocycles. The maximum absolute atomic E-state index is 12.2. The summed E-state index contributed by atoms with van der Waals surface area (Å²) < 4.78 is 0. The van der Waals surface area contributed by atoms with Gasteiger partial charge in [-0.3, -0.25) is 9.59 Å². The van der Waals surface area contributed by atoms with Crippen molar-refractivity contribution < 1.29 is 9.59 Å². The zero-order valence-electron chi connectivity index (χ0n) is 11.4. The quantitative estimate of drug-likeness (QED) is 0.422. The van der Waals surface area contributed by atoms with Crippen LogP contribution < -0.4 is 16.8 Å².